The van der Waals surface area contributed by atoms with Gasteiger partial charge in [0, 0.05) is 44.3 Å². The van der Waals surface area contributed by atoms with Crippen LogP contribution in [0.25, 0.3) is 0 Å². The molecule has 0 amide bonds. The Balaban J connectivity index is 1.62. The Morgan fingerprint density at radius 2 is 1.93 bits per heavy atom. The highest BCUT2D eigenvalue weighted by molar-refractivity contribution is 6.02. The summed E-state index contributed by atoms with van der Waals surface area (Å²) < 4.78 is 5.09. The smallest absolute Gasteiger partial charge is 0.340 e. The van der Waals surface area contributed by atoms with E-state index in [1.165, 1.54) is 0 Å². The van der Waals surface area contributed by atoms with Crippen LogP contribution in [0.15, 0.2) is 18.6 Å². The zero-order valence-electron chi connectivity index (χ0n) is 16.0. The van der Waals surface area contributed by atoms with E-state index in [1.807, 2.05) is 0 Å². The van der Waals surface area contributed by atoms with Crippen LogP contribution in [0, 0.1) is 13.8 Å². The third-order valence-electron chi connectivity index (χ3n) is 4.81. The maximum Gasteiger partial charge on any atom is 0.340 e. The highest BCUT2D eigenvalue weighted by Crippen LogP contribution is 2.20. The number of nitrogens with zero attached hydrogens (tertiary/aromatic N) is 4. The molecular weight excluding hydrogens is 346 g/mol. The van der Waals surface area contributed by atoms with Crippen molar-refractivity contribution in [2.24, 2.45) is 0 Å². The summed E-state index contributed by atoms with van der Waals surface area (Å²) in [6, 6.07) is 0. The number of esters is 1. The predicted octanol–water partition coefficient (Wildman–Crippen LogP) is 1.60. The first-order valence-corrected chi connectivity index (χ1v) is 9.14. The molecule has 0 spiro atoms. The van der Waals surface area contributed by atoms with E-state index >= 15 is 0 Å². The van der Waals surface area contributed by atoms with Crippen LogP contribution in [0.4, 0.5) is 5.82 Å². The van der Waals surface area contributed by atoms with Crippen LogP contribution in [0.2, 0.25) is 0 Å². The molecule has 2 aromatic heterocycles. The van der Waals surface area contributed by atoms with Crippen molar-refractivity contribution in [3.63, 3.8) is 0 Å². The second-order valence-electron chi connectivity index (χ2n) is 6.60. The number of piperazine rings is 1. The molecule has 3 rings (SSSR count). The number of Topliss-reactive ketones (excluding diaryl/α,β-unsaturated/α-hetero) is 1. The number of ketones is 1. The zero-order chi connectivity index (χ0) is 19.4. The summed E-state index contributed by atoms with van der Waals surface area (Å²) in [6.07, 6.45) is 5.09. The third kappa shape index (κ3) is 4.16. The molecule has 0 bridgehead atoms. The lowest BCUT2D eigenvalue weighted by molar-refractivity contribution is 0.0525. The van der Waals surface area contributed by atoms with Crippen molar-refractivity contribution in [1.82, 2.24) is 19.9 Å². The van der Waals surface area contributed by atoms with Crippen molar-refractivity contribution < 1.29 is 14.3 Å². The minimum atomic E-state index is -0.389. The number of aromatic amines is 1. The third-order valence-corrected chi connectivity index (χ3v) is 4.81. The summed E-state index contributed by atoms with van der Waals surface area (Å²) in [5, 5.41) is 0. The molecule has 2 aromatic rings. The molecule has 3 heterocycles. The zero-order valence-corrected chi connectivity index (χ0v) is 16.0. The molecule has 8 heteroatoms. The molecular formula is C19H25N5O3. The predicted molar refractivity (Wildman–Crippen MR) is 101 cm³/mol. The molecule has 1 fully saturated rings. The normalized spacial score (nSPS) is 15.0. The van der Waals surface area contributed by atoms with Crippen LogP contribution >= 0.6 is 0 Å². The lowest BCUT2D eigenvalue weighted by Gasteiger charge is -2.34. The summed E-state index contributed by atoms with van der Waals surface area (Å²) in [5.41, 5.74) is 2.29. The van der Waals surface area contributed by atoms with Crippen LogP contribution in [0.5, 0.6) is 0 Å². The number of hydrogen-bond acceptors (Lipinski definition) is 7. The number of nitrogens with one attached hydrogen (secondary N) is 1. The van der Waals surface area contributed by atoms with E-state index in [2.05, 4.69) is 24.8 Å². The van der Waals surface area contributed by atoms with Gasteiger partial charge >= 0.3 is 5.97 Å². The van der Waals surface area contributed by atoms with Crippen molar-refractivity contribution in [1.29, 1.82) is 0 Å². The van der Waals surface area contributed by atoms with Crippen LogP contribution in [0.3, 0.4) is 0 Å². The van der Waals surface area contributed by atoms with Crippen molar-refractivity contribution >= 4 is 17.6 Å². The Hall–Kier alpha value is -2.74. The van der Waals surface area contributed by atoms with Crippen molar-refractivity contribution in [2.45, 2.75) is 20.8 Å². The first-order chi connectivity index (χ1) is 13.0. The summed E-state index contributed by atoms with van der Waals surface area (Å²) in [5.74, 6) is 0.456. The Labute approximate surface area is 158 Å². The molecule has 8 nitrogen and oxygen atoms in total. The minimum absolute atomic E-state index is 0.0147. The molecule has 0 unspecified atom stereocenters. The van der Waals surface area contributed by atoms with Gasteiger partial charge in [-0.15, -0.1) is 0 Å². The standard InChI is InChI=1S/C19H25N5O3/c1-4-27-19(26)17-13(2)18(22-14(17)3)15(25)12-23-7-9-24(10-8-23)16-11-20-5-6-21-16/h5-6,11,22H,4,7-10,12H2,1-3H3. The molecule has 1 N–H and O–H groups in total. The molecule has 144 valence electrons. The fraction of sp³-hybridized carbons (Fsp3) is 0.474. The minimum Gasteiger partial charge on any atom is -0.462 e. The fourth-order valence-electron chi connectivity index (χ4n) is 3.41. The Morgan fingerprint density at radius 3 is 2.56 bits per heavy atom. The summed E-state index contributed by atoms with van der Waals surface area (Å²) in [7, 11) is 0. The molecule has 0 radical (unpaired) electrons. The van der Waals surface area contributed by atoms with Gasteiger partial charge in [0.05, 0.1) is 30.6 Å². The summed E-state index contributed by atoms with van der Waals surface area (Å²) >= 11 is 0. The lowest BCUT2D eigenvalue weighted by Crippen LogP contribution is -2.48. The van der Waals surface area contributed by atoms with Gasteiger partial charge in [0.25, 0.3) is 0 Å². The average molecular weight is 371 g/mol. The first kappa shape index (κ1) is 19.0. The van der Waals surface area contributed by atoms with E-state index in [9.17, 15) is 9.59 Å². The van der Waals surface area contributed by atoms with Gasteiger partial charge in [-0.2, -0.15) is 0 Å². The molecule has 0 aliphatic carbocycles. The van der Waals surface area contributed by atoms with Gasteiger partial charge in [-0.25, -0.2) is 9.78 Å². The highest BCUT2D eigenvalue weighted by atomic mass is 16.5. The van der Waals surface area contributed by atoms with Gasteiger partial charge in [-0.3, -0.25) is 14.7 Å². The van der Waals surface area contributed by atoms with E-state index < -0.39 is 0 Å². The number of aryl methyl sites for hydroxylation is 1. The molecule has 0 atom stereocenters. The number of rotatable bonds is 6. The van der Waals surface area contributed by atoms with Crippen LogP contribution in [-0.2, 0) is 4.74 Å². The van der Waals surface area contributed by atoms with Gasteiger partial charge < -0.3 is 14.6 Å². The fourth-order valence-corrected chi connectivity index (χ4v) is 3.41. The second kappa shape index (κ2) is 8.30. The maximum absolute atomic E-state index is 12.8. The highest BCUT2D eigenvalue weighted by Gasteiger charge is 2.25. The van der Waals surface area contributed by atoms with Gasteiger partial charge in [-0.1, -0.05) is 0 Å². The van der Waals surface area contributed by atoms with E-state index in [1.54, 1.807) is 39.4 Å². The number of hydrogen-bond donors (Lipinski definition) is 1. The quantitative estimate of drug-likeness (QED) is 0.609. The molecule has 1 saturated heterocycles. The molecule has 1 aliphatic rings. The monoisotopic (exact) mass is 371 g/mol. The lowest BCUT2D eigenvalue weighted by atomic mass is 10.1. The molecule has 27 heavy (non-hydrogen) atoms. The van der Waals surface area contributed by atoms with Crippen LogP contribution in [-0.4, -0.2) is 70.9 Å². The number of ether oxygens (including phenoxy) is 1. The van der Waals surface area contributed by atoms with E-state index in [0.717, 1.165) is 32.0 Å². The van der Waals surface area contributed by atoms with E-state index in [0.29, 0.717) is 35.7 Å². The van der Waals surface area contributed by atoms with E-state index in [-0.39, 0.29) is 11.8 Å². The number of aromatic nitrogens is 3. The Bertz CT molecular complexity index is 810. The summed E-state index contributed by atoms with van der Waals surface area (Å²) in [6.45, 7) is 9.09. The largest absolute Gasteiger partial charge is 0.462 e. The van der Waals surface area contributed by atoms with Crippen LogP contribution in [0.1, 0.15) is 39.0 Å². The second-order valence-corrected chi connectivity index (χ2v) is 6.60. The summed E-state index contributed by atoms with van der Waals surface area (Å²) in [4.78, 5) is 40.6. The van der Waals surface area contributed by atoms with Gasteiger partial charge in [-0.05, 0) is 26.3 Å². The van der Waals surface area contributed by atoms with Crippen molar-refractivity contribution in [3.05, 3.63) is 41.1 Å². The SMILES string of the molecule is CCOC(=O)c1c(C)[nH]c(C(=O)CN2CCN(c3cnccn3)CC2)c1C. The maximum atomic E-state index is 12.8. The van der Waals surface area contributed by atoms with Gasteiger partial charge in [0.1, 0.15) is 5.82 Å². The number of anilines is 1. The molecule has 0 aromatic carbocycles. The van der Waals surface area contributed by atoms with Crippen molar-refractivity contribution in [3.8, 4) is 0 Å². The number of carbonyl (C=O) groups is 2. The van der Waals surface area contributed by atoms with E-state index in [4.69, 9.17) is 4.74 Å². The molecule has 1 aliphatic heterocycles. The first-order valence-electron chi connectivity index (χ1n) is 9.14. The topological polar surface area (TPSA) is 91.4 Å². The Morgan fingerprint density at radius 1 is 1.19 bits per heavy atom. The number of carbonyl (C=O) groups excluding carboxylic acids is 2. The molecule has 0 saturated carbocycles. The number of H-pyrrole nitrogens is 1. The van der Waals surface area contributed by atoms with Crippen LogP contribution < -0.4 is 4.90 Å². The van der Waals surface area contributed by atoms with Gasteiger partial charge in [0.15, 0.2) is 5.78 Å². The Kier molecular flexibility index (Phi) is 5.85. The van der Waals surface area contributed by atoms with Gasteiger partial charge in [0.2, 0.25) is 0 Å². The van der Waals surface area contributed by atoms with Crippen molar-refractivity contribution in [2.75, 3.05) is 44.2 Å². The average Bonchev–Trinajstić information content (AvgIpc) is 2.97.